The molecule has 1 aromatic carbocycles. The van der Waals surface area contributed by atoms with E-state index in [0.29, 0.717) is 17.9 Å². The number of methoxy groups -OCH3 is 1. The number of ether oxygens (including phenoxy) is 1. The second-order valence-corrected chi connectivity index (χ2v) is 4.64. The number of rotatable bonds is 6. The minimum atomic E-state index is 0.0211. The van der Waals surface area contributed by atoms with Gasteiger partial charge in [-0.1, -0.05) is 11.2 Å². The molecule has 0 aliphatic rings. The molecule has 0 saturated carbocycles. The van der Waals surface area contributed by atoms with Crippen molar-refractivity contribution < 1.29 is 14.4 Å². The van der Waals surface area contributed by atoms with Crippen LogP contribution in [0.15, 0.2) is 46.2 Å². The fraction of sp³-hybridized carbons (Fsp3) is 0.267. The number of furan rings is 1. The summed E-state index contributed by atoms with van der Waals surface area (Å²) in [6, 6.07) is 9.42. The van der Waals surface area contributed by atoms with Crippen molar-refractivity contribution in [3.63, 3.8) is 0 Å². The number of hydrogen-bond donors (Lipinski definition) is 3. The van der Waals surface area contributed by atoms with Crippen LogP contribution < -0.4 is 15.8 Å². The Morgan fingerprint density at radius 2 is 2.29 bits per heavy atom. The molecule has 2 aromatic rings. The molecule has 0 spiro atoms. The molecule has 0 saturated heterocycles. The van der Waals surface area contributed by atoms with Crippen molar-refractivity contribution in [2.24, 2.45) is 10.9 Å². The Bertz CT molecular complexity index is 609. The molecule has 1 aromatic heterocycles. The topological polar surface area (TPSA) is 93.0 Å². The normalized spacial score (nSPS) is 13.1. The highest BCUT2D eigenvalue weighted by Crippen LogP contribution is 2.20. The first-order valence-corrected chi connectivity index (χ1v) is 6.57. The van der Waals surface area contributed by atoms with Gasteiger partial charge in [0.05, 0.1) is 25.0 Å². The molecule has 0 bridgehead atoms. The predicted molar refractivity (Wildman–Crippen MR) is 79.5 cm³/mol. The van der Waals surface area contributed by atoms with Crippen LogP contribution >= 0.6 is 0 Å². The summed E-state index contributed by atoms with van der Waals surface area (Å²) >= 11 is 0. The summed E-state index contributed by atoms with van der Waals surface area (Å²) < 4.78 is 10.5. The molecule has 0 radical (unpaired) electrons. The van der Waals surface area contributed by atoms with Crippen LogP contribution in [-0.4, -0.2) is 18.2 Å². The van der Waals surface area contributed by atoms with Gasteiger partial charge in [0.2, 0.25) is 0 Å². The lowest BCUT2D eigenvalue weighted by Gasteiger charge is -2.13. The third-order valence-corrected chi connectivity index (χ3v) is 3.23. The van der Waals surface area contributed by atoms with Crippen molar-refractivity contribution >= 4 is 5.84 Å². The smallest absolute Gasteiger partial charge is 0.173 e. The fourth-order valence-electron chi connectivity index (χ4n) is 2.03. The Morgan fingerprint density at radius 3 is 2.90 bits per heavy atom. The van der Waals surface area contributed by atoms with Crippen LogP contribution in [0.1, 0.15) is 29.9 Å². The maximum absolute atomic E-state index is 8.82. The lowest BCUT2D eigenvalue weighted by molar-refractivity contribution is 0.318. The summed E-state index contributed by atoms with van der Waals surface area (Å²) in [7, 11) is 1.54. The molecule has 2 rings (SSSR count). The number of amidine groups is 1. The van der Waals surface area contributed by atoms with Crippen molar-refractivity contribution in [3.05, 3.63) is 53.5 Å². The third kappa shape index (κ3) is 3.55. The first kappa shape index (κ1) is 14.9. The molecule has 1 heterocycles. The number of nitrogens with two attached hydrogens (primary N) is 1. The zero-order chi connectivity index (χ0) is 15.2. The summed E-state index contributed by atoms with van der Waals surface area (Å²) in [5.41, 5.74) is 7.21. The maximum atomic E-state index is 8.82. The van der Waals surface area contributed by atoms with Gasteiger partial charge in [-0.3, -0.25) is 0 Å². The highest BCUT2D eigenvalue weighted by molar-refractivity contribution is 5.99. The van der Waals surface area contributed by atoms with E-state index in [9.17, 15) is 0 Å². The minimum Gasteiger partial charge on any atom is -0.496 e. The number of nitrogens with zero attached hydrogens (tertiary/aromatic N) is 1. The van der Waals surface area contributed by atoms with Gasteiger partial charge in [0.1, 0.15) is 11.5 Å². The predicted octanol–water partition coefficient (Wildman–Crippen LogP) is 2.23. The van der Waals surface area contributed by atoms with Gasteiger partial charge >= 0.3 is 0 Å². The van der Waals surface area contributed by atoms with E-state index in [4.69, 9.17) is 20.1 Å². The highest BCUT2D eigenvalue weighted by atomic mass is 16.5. The monoisotopic (exact) mass is 289 g/mol. The van der Waals surface area contributed by atoms with Crippen LogP contribution in [0.2, 0.25) is 0 Å². The molecular weight excluding hydrogens is 270 g/mol. The zero-order valence-corrected chi connectivity index (χ0v) is 12.0. The number of nitrogens with one attached hydrogen (secondary N) is 1. The summed E-state index contributed by atoms with van der Waals surface area (Å²) in [6.07, 6.45) is 1.65. The maximum Gasteiger partial charge on any atom is 0.173 e. The van der Waals surface area contributed by atoms with Gasteiger partial charge in [-0.05, 0) is 36.8 Å². The van der Waals surface area contributed by atoms with Crippen molar-refractivity contribution in [1.29, 1.82) is 0 Å². The van der Waals surface area contributed by atoms with Crippen LogP contribution in [0.3, 0.4) is 0 Å². The highest BCUT2D eigenvalue weighted by Gasteiger charge is 2.11. The SMILES string of the molecule is COc1ccc(CNC(C)c2ccco2)cc1C(N)=NO. The van der Waals surface area contributed by atoms with Crippen molar-refractivity contribution in [2.75, 3.05) is 7.11 Å². The van der Waals surface area contributed by atoms with Crippen LogP contribution in [0, 0.1) is 0 Å². The van der Waals surface area contributed by atoms with Gasteiger partial charge in [0.25, 0.3) is 0 Å². The minimum absolute atomic E-state index is 0.0211. The molecule has 0 amide bonds. The van der Waals surface area contributed by atoms with Crippen LogP contribution in [0.4, 0.5) is 0 Å². The molecular formula is C15H19N3O3. The third-order valence-electron chi connectivity index (χ3n) is 3.23. The lowest BCUT2D eigenvalue weighted by atomic mass is 10.1. The largest absolute Gasteiger partial charge is 0.496 e. The molecule has 6 heteroatoms. The van der Waals surface area contributed by atoms with E-state index < -0.39 is 0 Å². The molecule has 112 valence electrons. The number of oxime groups is 1. The van der Waals surface area contributed by atoms with Crippen molar-refractivity contribution in [3.8, 4) is 5.75 Å². The van der Waals surface area contributed by atoms with Crippen LogP contribution in [0.25, 0.3) is 0 Å². The summed E-state index contributed by atoms with van der Waals surface area (Å²) in [5.74, 6) is 1.46. The summed E-state index contributed by atoms with van der Waals surface area (Å²) in [4.78, 5) is 0. The van der Waals surface area contributed by atoms with Gasteiger partial charge < -0.3 is 25.4 Å². The quantitative estimate of drug-likeness (QED) is 0.328. The molecule has 6 nitrogen and oxygen atoms in total. The Hall–Kier alpha value is -2.47. The van der Waals surface area contributed by atoms with Crippen LogP contribution in [-0.2, 0) is 6.54 Å². The summed E-state index contributed by atoms with van der Waals surface area (Å²) in [6.45, 7) is 2.64. The fourth-order valence-corrected chi connectivity index (χ4v) is 2.03. The lowest BCUT2D eigenvalue weighted by Crippen LogP contribution is -2.19. The molecule has 21 heavy (non-hydrogen) atoms. The summed E-state index contributed by atoms with van der Waals surface area (Å²) in [5, 5.41) is 15.2. The Labute approximate surface area is 123 Å². The van der Waals surface area contributed by atoms with E-state index in [2.05, 4.69) is 10.5 Å². The second-order valence-electron chi connectivity index (χ2n) is 4.64. The zero-order valence-electron chi connectivity index (χ0n) is 12.0. The van der Waals surface area contributed by atoms with E-state index in [-0.39, 0.29) is 11.9 Å². The molecule has 1 unspecified atom stereocenters. The average molecular weight is 289 g/mol. The molecule has 4 N–H and O–H groups in total. The number of benzene rings is 1. The Balaban J connectivity index is 2.10. The van der Waals surface area contributed by atoms with Gasteiger partial charge in [-0.25, -0.2) is 0 Å². The average Bonchev–Trinajstić information content (AvgIpc) is 3.06. The van der Waals surface area contributed by atoms with E-state index in [1.165, 1.54) is 0 Å². The van der Waals surface area contributed by atoms with Gasteiger partial charge in [0, 0.05) is 6.54 Å². The molecule has 0 aliphatic carbocycles. The Morgan fingerprint density at radius 1 is 1.48 bits per heavy atom. The molecule has 0 aliphatic heterocycles. The second kappa shape index (κ2) is 6.81. The first-order valence-electron chi connectivity index (χ1n) is 6.57. The van der Waals surface area contributed by atoms with Crippen molar-refractivity contribution in [1.82, 2.24) is 5.32 Å². The molecule has 1 atom stereocenters. The van der Waals surface area contributed by atoms with E-state index in [1.807, 2.05) is 31.2 Å². The number of hydrogen-bond acceptors (Lipinski definition) is 5. The van der Waals surface area contributed by atoms with Crippen molar-refractivity contribution in [2.45, 2.75) is 19.5 Å². The van der Waals surface area contributed by atoms with E-state index in [1.54, 1.807) is 19.4 Å². The molecule has 0 fully saturated rings. The van der Waals surface area contributed by atoms with Gasteiger partial charge in [-0.2, -0.15) is 0 Å². The van der Waals surface area contributed by atoms with E-state index >= 15 is 0 Å². The van der Waals surface area contributed by atoms with Gasteiger partial charge in [0.15, 0.2) is 5.84 Å². The van der Waals surface area contributed by atoms with Gasteiger partial charge in [-0.15, -0.1) is 0 Å². The van der Waals surface area contributed by atoms with E-state index in [0.717, 1.165) is 11.3 Å². The first-order chi connectivity index (χ1) is 10.2. The van der Waals surface area contributed by atoms with Crippen LogP contribution in [0.5, 0.6) is 5.75 Å². The Kier molecular flexibility index (Phi) is 4.84. The standard InChI is InChI=1S/C15H19N3O3/c1-10(13-4-3-7-21-13)17-9-11-5-6-14(20-2)12(8-11)15(16)18-19/h3-8,10,17,19H,9H2,1-2H3,(H2,16,18).